The van der Waals surface area contributed by atoms with Crippen molar-refractivity contribution in [2.45, 2.75) is 23.5 Å². The Bertz CT molecular complexity index is 711. The Morgan fingerprint density at radius 2 is 1.85 bits per heavy atom. The quantitative estimate of drug-likeness (QED) is 0.596. The van der Waals surface area contributed by atoms with Gasteiger partial charge in [0.05, 0.1) is 11.7 Å². The van der Waals surface area contributed by atoms with Crippen molar-refractivity contribution in [1.82, 2.24) is 15.6 Å². The fourth-order valence-corrected chi connectivity index (χ4v) is 2.56. The highest BCUT2D eigenvalue weighted by atomic mass is 35.5. The van der Waals surface area contributed by atoms with Crippen molar-refractivity contribution >= 4 is 29.1 Å². The Morgan fingerprint density at radius 1 is 1.19 bits per heavy atom. The van der Waals surface area contributed by atoms with Crippen molar-refractivity contribution in [2.75, 3.05) is 13.7 Å². The second-order valence-electron chi connectivity index (χ2n) is 5.71. The molecule has 0 saturated heterocycles. The summed E-state index contributed by atoms with van der Waals surface area (Å²) in [7, 11) is 1.85. The van der Waals surface area contributed by atoms with Gasteiger partial charge < -0.3 is 15.7 Å². The number of benzene rings is 1. The highest BCUT2D eigenvalue weighted by Gasteiger charge is 2.25. The number of rotatable bonds is 8. The van der Waals surface area contributed by atoms with Gasteiger partial charge in [-0.2, -0.15) is 0 Å². The van der Waals surface area contributed by atoms with Gasteiger partial charge in [-0.25, -0.2) is 4.39 Å². The maximum Gasteiger partial charge on any atom is 0.253 e. The number of hydrogen-bond acceptors (Lipinski definition) is 4. The number of amides is 1. The first-order chi connectivity index (χ1) is 12.5. The molecule has 1 amide bonds. The maximum atomic E-state index is 13.2. The molecule has 2 atom stereocenters. The van der Waals surface area contributed by atoms with E-state index in [4.69, 9.17) is 23.2 Å². The molecule has 1 heterocycles. The minimum Gasteiger partial charge on any atom is -0.386 e. The Hall–Kier alpha value is -1.73. The number of carbonyl (C=O) groups is 1. The number of hydrogen-bond donors (Lipinski definition) is 3. The van der Waals surface area contributed by atoms with Crippen LogP contribution in [-0.2, 0) is 11.3 Å². The van der Waals surface area contributed by atoms with Gasteiger partial charge in [0.1, 0.15) is 12.8 Å². The molecule has 2 unspecified atom stereocenters. The number of aliphatic hydroxyl groups excluding tert-OH is 1. The summed E-state index contributed by atoms with van der Waals surface area (Å²) in [6.07, 6.45) is 0.547. The zero-order valence-electron chi connectivity index (χ0n) is 14.1. The summed E-state index contributed by atoms with van der Waals surface area (Å²) in [6, 6.07) is 9.71. The van der Waals surface area contributed by atoms with Crippen LogP contribution in [0.15, 0.2) is 42.6 Å². The van der Waals surface area contributed by atoms with Crippen LogP contribution in [0.2, 0.25) is 0 Å². The largest absolute Gasteiger partial charge is 0.386 e. The Labute approximate surface area is 161 Å². The zero-order valence-corrected chi connectivity index (χ0v) is 15.6. The molecule has 0 aliphatic carbocycles. The average Bonchev–Trinajstić information content (AvgIpc) is 2.66. The minimum absolute atomic E-state index is 0.470. The van der Waals surface area contributed by atoms with E-state index in [1.165, 1.54) is 0 Å². The fraction of sp³-hybridized carbons (Fsp3) is 0.333. The van der Waals surface area contributed by atoms with Crippen molar-refractivity contribution in [3.8, 4) is 11.1 Å². The summed E-state index contributed by atoms with van der Waals surface area (Å²) in [5.74, 6) is -0.751. The average molecular weight is 400 g/mol. The number of nitrogens with zero attached hydrogens (tertiary/aromatic N) is 1. The van der Waals surface area contributed by atoms with Crippen LogP contribution in [0.4, 0.5) is 4.39 Å². The number of nitrogens with one attached hydrogen (secondary N) is 2. The molecule has 5 nitrogen and oxygen atoms in total. The second-order valence-corrected chi connectivity index (χ2v) is 6.80. The maximum absolute atomic E-state index is 13.2. The summed E-state index contributed by atoms with van der Waals surface area (Å²) < 4.78 is 13.2. The van der Waals surface area contributed by atoms with E-state index < -0.39 is 29.6 Å². The normalized spacial score (nSPS) is 13.5. The summed E-state index contributed by atoms with van der Waals surface area (Å²) >= 11 is 10.9. The number of aliphatic hydroxyl groups is 1. The van der Waals surface area contributed by atoms with Gasteiger partial charge in [-0.15, -0.1) is 0 Å². The Morgan fingerprint density at radius 3 is 2.35 bits per heavy atom. The molecule has 1 aromatic heterocycles. The van der Waals surface area contributed by atoms with Crippen molar-refractivity contribution in [1.29, 1.82) is 0 Å². The number of halogens is 3. The van der Waals surface area contributed by atoms with Crippen LogP contribution in [0, 0.1) is 0 Å². The molecule has 0 spiro atoms. The summed E-state index contributed by atoms with van der Waals surface area (Å²) in [6.45, 7) is -0.265. The highest BCUT2D eigenvalue weighted by molar-refractivity contribution is 6.53. The molecule has 140 valence electrons. The SMILES string of the molecule is CNCc1ccc(-c2ccc(C(O)C(CF)NC(=O)C(Cl)Cl)cc2)cn1. The lowest BCUT2D eigenvalue weighted by atomic mass is 9.99. The van der Waals surface area contributed by atoms with Crippen LogP contribution in [0.1, 0.15) is 17.4 Å². The lowest BCUT2D eigenvalue weighted by molar-refractivity contribution is -0.121. The molecule has 0 saturated carbocycles. The predicted molar refractivity (Wildman–Crippen MR) is 101 cm³/mol. The third-order valence-electron chi connectivity index (χ3n) is 3.84. The smallest absolute Gasteiger partial charge is 0.253 e. The van der Waals surface area contributed by atoms with Crippen molar-refractivity contribution in [3.05, 3.63) is 53.9 Å². The van der Waals surface area contributed by atoms with Crippen LogP contribution in [0.5, 0.6) is 0 Å². The van der Waals surface area contributed by atoms with E-state index in [1.54, 1.807) is 30.5 Å². The van der Waals surface area contributed by atoms with Gasteiger partial charge >= 0.3 is 0 Å². The Balaban J connectivity index is 2.10. The van der Waals surface area contributed by atoms with Crippen LogP contribution in [0.25, 0.3) is 11.1 Å². The van der Waals surface area contributed by atoms with Gasteiger partial charge in [0.25, 0.3) is 5.91 Å². The minimum atomic E-state index is -1.32. The summed E-state index contributed by atoms with van der Waals surface area (Å²) in [4.78, 5) is 14.5. The highest BCUT2D eigenvalue weighted by Crippen LogP contribution is 2.23. The van der Waals surface area contributed by atoms with Gasteiger partial charge in [-0.05, 0) is 24.2 Å². The predicted octanol–water partition coefficient (Wildman–Crippen LogP) is 2.76. The lowest BCUT2D eigenvalue weighted by Gasteiger charge is -2.22. The van der Waals surface area contributed by atoms with Crippen LogP contribution in [-0.4, -0.2) is 40.6 Å². The molecule has 2 rings (SSSR count). The molecular weight excluding hydrogens is 380 g/mol. The first-order valence-electron chi connectivity index (χ1n) is 7.98. The zero-order chi connectivity index (χ0) is 19.1. The van der Waals surface area contributed by atoms with Crippen LogP contribution >= 0.6 is 23.2 Å². The molecule has 8 heteroatoms. The molecular formula is C18H20Cl2FN3O2. The first kappa shape index (κ1) is 20.6. The van der Waals surface area contributed by atoms with Crippen LogP contribution in [0.3, 0.4) is 0 Å². The molecule has 0 bridgehead atoms. The molecule has 0 aliphatic rings. The monoisotopic (exact) mass is 399 g/mol. The van der Waals surface area contributed by atoms with Gasteiger partial charge in [0, 0.05) is 18.3 Å². The summed E-state index contributed by atoms with van der Waals surface area (Å²) in [5, 5.41) is 15.6. The van der Waals surface area contributed by atoms with Crippen molar-refractivity contribution < 1.29 is 14.3 Å². The topological polar surface area (TPSA) is 74.2 Å². The number of aromatic nitrogens is 1. The van der Waals surface area contributed by atoms with Crippen LogP contribution < -0.4 is 10.6 Å². The molecule has 26 heavy (non-hydrogen) atoms. The number of carbonyl (C=O) groups excluding carboxylic acids is 1. The number of alkyl halides is 3. The molecule has 1 aromatic carbocycles. The third kappa shape index (κ3) is 5.38. The molecule has 3 N–H and O–H groups in total. The molecule has 0 fully saturated rings. The summed E-state index contributed by atoms with van der Waals surface area (Å²) in [5.41, 5.74) is 3.24. The van der Waals surface area contributed by atoms with Gasteiger partial charge in [-0.3, -0.25) is 9.78 Å². The van der Waals surface area contributed by atoms with Crippen molar-refractivity contribution in [3.63, 3.8) is 0 Å². The third-order valence-corrected chi connectivity index (χ3v) is 4.24. The second kappa shape index (κ2) is 9.83. The van der Waals surface area contributed by atoms with E-state index in [0.29, 0.717) is 12.1 Å². The lowest BCUT2D eigenvalue weighted by Crippen LogP contribution is -2.43. The molecule has 0 aliphatic heterocycles. The Kier molecular flexibility index (Phi) is 7.78. The van der Waals surface area contributed by atoms with Gasteiger partial charge in [0.15, 0.2) is 4.84 Å². The van der Waals surface area contributed by atoms with Gasteiger partial charge in [-0.1, -0.05) is 53.5 Å². The van der Waals surface area contributed by atoms with E-state index in [9.17, 15) is 14.3 Å². The van der Waals surface area contributed by atoms with Crippen molar-refractivity contribution in [2.24, 2.45) is 0 Å². The fourth-order valence-electron chi connectivity index (χ4n) is 2.43. The number of pyridine rings is 1. The van der Waals surface area contributed by atoms with E-state index >= 15 is 0 Å². The van der Waals surface area contributed by atoms with E-state index in [-0.39, 0.29) is 0 Å². The van der Waals surface area contributed by atoms with E-state index in [0.717, 1.165) is 16.8 Å². The standard InChI is InChI=1S/C18H20Cl2FN3O2/c1-22-10-14-7-6-13(9-23-14)11-2-4-12(5-3-11)16(25)15(8-21)24-18(26)17(19)20/h2-7,9,15-17,22,25H,8,10H2,1H3,(H,24,26). The van der Waals surface area contributed by atoms with E-state index in [1.807, 2.05) is 19.2 Å². The van der Waals surface area contributed by atoms with E-state index in [2.05, 4.69) is 15.6 Å². The first-order valence-corrected chi connectivity index (χ1v) is 8.86. The van der Waals surface area contributed by atoms with Gasteiger partial charge in [0.2, 0.25) is 0 Å². The molecule has 2 aromatic rings. The molecule has 0 radical (unpaired) electrons.